The Balaban J connectivity index is 0.000000329. The van der Waals surface area contributed by atoms with Gasteiger partial charge in [-0.2, -0.15) is 0 Å². The van der Waals surface area contributed by atoms with Crippen LogP contribution in [0.5, 0.6) is 0 Å². The summed E-state index contributed by atoms with van der Waals surface area (Å²) in [6.45, 7) is 9.62. The van der Waals surface area contributed by atoms with Crippen molar-refractivity contribution in [1.29, 1.82) is 0 Å². The predicted octanol–water partition coefficient (Wildman–Crippen LogP) is 20.2. The fourth-order valence-corrected chi connectivity index (χ4v) is 12.2. The van der Waals surface area contributed by atoms with Crippen LogP contribution in [-0.2, 0) is 23.2 Å². The maximum absolute atomic E-state index is 14.3. The van der Waals surface area contributed by atoms with Crippen LogP contribution in [-0.4, -0.2) is 64.2 Å². The third-order valence-electron chi connectivity index (χ3n) is 16.5. The molecule has 0 aliphatic carbocycles. The second kappa shape index (κ2) is 45.7. The van der Waals surface area contributed by atoms with Crippen LogP contribution in [0.2, 0.25) is 10.0 Å². The van der Waals surface area contributed by atoms with E-state index in [4.69, 9.17) is 23.2 Å². The van der Waals surface area contributed by atoms with Crippen molar-refractivity contribution in [3.8, 4) is 0 Å². The van der Waals surface area contributed by atoms with Gasteiger partial charge in [0.15, 0.2) is 0 Å². The van der Waals surface area contributed by atoms with Gasteiger partial charge in [0.2, 0.25) is 0 Å². The van der Waals surface area contributed by atoms with Crippen LogP contribution in [0.15, 0.2) is 133 Å². The van der Waals surface area contributed by atoms with E-state index in [2.05, 4.69) is 107 Å². The lowest BCUT2D eigenvalue weighted by molar-refractivity contribution is -0.903. The van der Waals surface area contributed by atoms with Gasteiger partial charge in [0.1, 0.15) is 18.9 Å². The van der Waals surface area contributed by atoms with Gasteiger partial charge in [0, 0.05) is 33.2 Å². The SMILES string of the molecule is CCCCCCCCCCCCCCCC[N+](C)(C)Cc1ccccc1.CCCCCCCCCCCCCCCC[N+](C)(C)Cc1ccccc1.[O-]B([O-])OCCCCCC(c1cccc(F)c1)(c1cccc(Cl)c1)c1cccc(Cl)c1. The van der Waals surface area contributed by atoms with Crippen molar-refractivity contribution in [2.24, 2.45) is 0 Å². The third-order valence-corrected chi connectivity index (χ3v) is 17.0. The number of quaternary nitrogens is 2. The van der Waals surface area contributed by atoms with E-state index in [9.17, 15) is 14.4 Å². The van der Waals surface area contributed by atoms with Crippen molar-refractivity contribution < 1.29 is 28.1 Å². The van der Waals surface area contributed by atoms with Crippen molar-refractivity contribution in [3.05, 3.63) is 177 Å². The summed E-state index contributed by atoms with van der Waals surface area (Å²) in [6.07, 6.45) is 43.1. The summed E-state index contributed by atoms with van der Waals surface area (Å²) in [7, 11) is 7.22. The van der Waals surface area contributed by atoms with E-state index >= 15 is 0 Å². The molecule has 0 atom stereocenters. The van der Waals surface area contributed by atoms with E-state index in [0.29, 0.717) is 22.9 Å². The minimum atomic E-state index is -2.26. The summed E-state index contributed by atoms with van der Waals surface area (Å²) in [6, 6.07) is 43.6. The van der Waals surface area contributed by atoms with E-state index < -0.39 is 12.7 Å². The lowest BCUT2D eigenvalue weighted by atomic mass is 9.66. The van der Waals surface area contributed by atoms with Gasteiger partial charge in [-0.1, -0.05) is 301 Å². The maximum Gasteiger partial charge on any atom is 0.123 e. The average molecular weight is 1180 g/mol. The molecule has 0 aliphatic heterocycles. The first-order chi connectivity index (χ1) is 40.2. The zero-order chi connectivity index (χ0) is 60.1. The van der Waals surface area contributed by atoms with Crippen LogP contribution in [0.25, 0.3) is 0 Å². The zero-order valence-corrected chi connectivity index (χ0v) is 54.7. The quantitative estimate of drug-likeness (QED) is 0.0169. The number of nitrogens with zero attached hydrogens (tertiary/aromatic N) is 2. The summed E-state index contributed by atoms with van der Waals surface area (Å²) in [5.41, 5.74) is 4.91. The molecule has 9 heteroatoms. The lowest BCUT2D eigenvalue weighted by Crippen LogP contribution is -2.47. The molecule has 83 heavy (non-hydrogen) atoms. The van der Waals surface area contributed by atoms with Crippen molar-refractivity contribution >= 4 is 30.5 Å². The van der Waals surface area contributed by atoms with Crippen LogP contribution < -0.4 is 10.0 Å². The Hall–Kier alpha value is -3.53. The topological polar surface area (TPSA) is 55.3 Å². The second-order valence-electron chi connectivity index (χ2n) is 25.2. The molecule has 5 aromatic rings. The Bertz CT molecular complexity index is 2120. The minimum absolute atomic E-state index is 0.124. The minimum Gasteiger partial charge on any atom is -0.871 e. The van der Waals surface area contributed by atoms with E-state index in [1.165, 1.54) is 210 Å². The summed E-state index contributed by atoms with van der Waals surface area (Å²) < 4.78 is 21.1. The molecule has 0 heterocycles. The Morgan fingerprint density at radius 1 is 0.398 bits per heavy atom. The summed E-state index contributed by atoms with van der Waals surface area (Å²) in [5, 5.41) is 22.2. The average Bonchev–Trinajstić information content (AvgIpc) is 3.66. The highest BCUT2D eigenvalue weighted by Gasteiger charge is 2.36. The molecule has 0 unspecified atom stereocenters. The Morgan fingerprint density at radius 3 is 1.06 bits per heavy atom. The first-order valence-corrected chi connectivity index (χ1v) is 33.9. The predicted molar refractivity (Wildman–Crippen MR) is 354 cm³/mol. The molecular weight excluding hydrogens is 1070 g/mol. The molecule has 0 N–H and O–H groups in total. The van der Waals surface area contributed by atoms with Crippen molar-refractivity contribution in [2.75, 3.05) is 47.9 Å². The second-order valence-corrected chi connectivity index (χ2v) is 26.1. The Labute approximate surface area is 518 Å². The van der Waals surface area contributed by atoms with Crippen LogP contribution in [0.1, 0.15) is 247 Å². The molecule has 462 valence electrons. The monoisotopic (exact) mass is 1180 g/mol. The van der Waals surface area contributed by atoms with Crippen molar-refractivity contribution in [2.45, 2.75) is 238 Å². The van der Waals surface area contributed by atoms with E-state index in [0.717, 1.165) is 51.6 Å². The molecule has 5 nitrogen and oxygen atoms in total. The molecule has 0 fully saturated rings. The maximum atomic E-state index is 14.3. The van der Waals surface area contributed by atoms with E-state index in [1.54, 1.807) is 24.3 Å². The molecule has 5 rings (SSSR count). The zero-order valence-electron chi connectivity index (χ0n) is 53.2. The van der Waals surface area contributed by atoms with E-state index in [1.807, 2.05) is 42.5 Å². The fraction of sp³-hybridized carbons (Fsp3) is 0.595. The van der Waals surface area contributed by atoms with Crippen LogP contribution in [0, 0.1) is 5.82 Å². The molecule has 0 amide bonds. The van der Waals surface area contributed by atoms with Gasteiger partial charge >= 0.3 is 0 Å². The van der Waals surface area contributed by atoms with Gasteiger partial charge in [-0.25, -0.2) is 4.39 Å². The van der Waals surface area contributed by atoms with Gasteiger partial charge in [0.05, 0.1) is 48.6 Å². The van der Waals surface area contributed by atoms with Gasteiger partial charge < -0.3 is 23.7 Å². The van der Waals surface area contributed by atoms with Gasteiger partial charge in [0.25, 0.3) is 0 Å². The number of hydrogen-bond acceptors (Lipinski definition) is 3. The first kappa shape index (κ1) is 73.7. The normalized spacial score (nSPS) is 11.7. The molecule has 0 radical (unpaired) electrons. The molecule has 0 aromatic heterocycles. The number of benzene rings is 5. The summed E-state index contributed by atoms with van der Waals surface area (Å²) >= 11 is 12.7. The highest BCUT2D eigenvalue weighted by Crippen LogP contribution is 2.45. The number of halogens is 3. The van der Waals surface area contributed by atoms with E-state index in [-0.39, 0.29) is 12.4 Å². The standard InChI is InChI=1S/2C25H46N.C24H22BCl2FO3/c2*1-4-5-6-7-8-9-10-11-12-13-14-15-16-20-23-26(2,3)24-25-21-18-17-19-22-25;26-21-10-4-7-18(15-21)24(19-8-5-11-22(27)16-19,20-9-6-12-23(28)17-20)13-2-1-3-14-31-25(29)30/h2*17-19,21-22H,4-16,20,23-24H2,1-3H3;4-12,15-17H,1-3,13-14H2/q2*+1;-2. The third kappa shape index (κ3) is 35.0. The van der Waals surface area contributed by atoms with Crippen LogP contribution in [0.4, 0.5) is 4.39 Å². The van der Waals surface area contributed by atoms with Crippen molar-refractivity contribution in [1.82, 2.24) is 0 Å². The van der Waals surface area contributed by atoms with Gasteiger partial charge in [-0.3, -0.25) is 0 Å². The van der Waals surface area contributed by atoms with Crippen molar-refractivity contribution in [3.63, 3.8) is 0 Å². The number of rotatable bonds is 44. The Morgan fingerprint density at radius 2 is 0.723 bits per heavy atom. The molecule has 0 spiro atoms. The fourth-order valence-electron chi connectivity index (χ4n) is 11.8. The lowest BCUT2D eigenvalue weighted by Gasteiger charge is -2.36. The number of unbranched alkanes of at least 4 members (excludes halogenated alkanes) is 28. The molecule has 5 aromatic carbocycles. The summed E-state index contributed by atoms with van der Waals surface area (Å²) in [5.74, 6) is -0.323. The Kier molecular flexibility index (Phi) is 40.6. The molecular formula is C74H114BCl2FN2O3. The molecule has 0 saturated heterocycles. The molecule has 0 saturated carbocycles. The number of hydrogen-bond donors (Lipinski definition) is 0. The van der Waals surface area contributed by atoms with Crippen LogP contribution >= 0.6 is 23.2 Å². The van der Waals surface area contributed by atoms with Crippen LogP contribution in [0.3, 0.4) is 0 Å². The first-order valence-electron chi connectivity index (χ1n) is 33.1. The summed E-state index contributed by atoms with van der Waals surface area (Å²) in [4.78, 5) is 0. The highest BCUT2D eigenvalue weighted by atomic mass is 35.5. The smallest absolute Gasteiger partial charge is 0.123 e. The van der Waals surface area contributed by atoms with Gasteiger partial charge in [-0.05, 0) is 91.6 Å². The largest absolute Gasteiger partial charge is 0.871 e. The van der Waals surface area contributed by atoms with Gasteiger partial charge in [-0.15, -0.1) is 0 Å². The molecule has 0 aliphatic rings. The highest BCUT2D eigenvalue weighted by molar-refractivity contribution is 6.31. The molecule has 0 bridgehead atoms.